The van der Waals surface area contributed by atoms with Gasteiger partial charge in [0.05, 0.1) is 0 Å². The molecule has 88 valence electrons. The maximum Gasteiger partial charge on any atom is 0.00955 e. The molecule has 1 nitrogen and oxygen atoms in total. The van der Waals surface area contributed by atoms with Gasteiger partial charge in [-0.1, -0.05) is 32.9 Å². The number of rotatable bonds is 6. The lowest BCUT2D eigenvalue weighted by molar-refractivity contribution is 0.349. The number of allylic oxidation sites excluding steroid dienone is 1. The first-order valence-corrected chi connectivity index (χ1v) is 6.59. The molecule has 3 atom stereocenters. The summed E-state index contributed by atoms with van der Waals surface area (Å²) in [6.07, 6.45) is 6.40. The molecule has 1 rings (SSSR count). The third-order valence-corrected chi connectivity index (χ3v) is 3.93. The summed E-state index contributed by atoms with van der Waals surface area (Å²) >= 11 is 0. The third kappa shape index (κ3) is 3.64. The second-order valence-electron chi connectivity index (χ2n) is 5.06. The fraction of sp³-hybridized carbons (Fsp3) is 0.857. The van der Waals surface area contributed by atoms with Crippen LogP contribution in [-0.4, -0.2) is 12.6 Å². The van der Waals surface area contributed by atoms with Gasteiger partial charge in [-0.15, -0.1) is 0 Å². The van der Waals surface area contributed by atoms with E-state index in [-0.39, 0.29) is 0 Å². The number of hydrogen-bond acceptors (Lipinski definition) is 1. The maximum absolute atomic E-state index is 4.14. The Balaban J connectivity index is 2.34. The van der Waals surface area contributed by atoms with Crippen LogP contribution in [0.2, 0.25) is 0 Å². The van der Waals surface area contributed by atoms with Gasteiger partial charge < -0.3 is 5.32 Å². The van der Waals surface area contributed by atoms with Crippen molar-refractivity contribution in [1.29, 1.82) is 0 Å². The minimum absolute atomic E-state index is 0.764. The molecule has 0 aromatic rings. The standard InChI is InChI=1S/C14H27N/c1-5-9-15-14-8-7-13(12(14)4)10-11(3)6-2/h12-15H,3,5-10H2,1-2,4H3. The molecule has 1 aliphatic carbocycles. The highest BCUT2D eigenvalue weighted by molar-refractivity contribution is 4.99. The zero-order valence-electron chi connectivity index (χ0n) is 10.7. The summed E-state index contributed by atoms with van der Waals surface area (Å²) in [6.45, 7) is 12.2. The van der Waals surface area contributed by atoms with Gasteiger partial charge in [-0.2, -0.15) is 0 Å². The first-order chi connectivity index (χ1) is 7.19. The van der Waals surface area contributed by atoms with Crippen LogP contribution in [0.15, 0.2) is 12.2 Å². The largest absolute Gasteiger partial charge is 0.314 e. The fourth-order valence-electron chi connectivity index (χ4n) is 2.67. The van der Waals surface area contributed by atoms with E-state index in [9.17, 15) is 0 Å². The highest BCUT2D eigenvalue weighted by Gasteiger charge is 2.31. The van der Waals surface area contributed by atoms with Gasteiger partial charge in [0.25, 0.3) is 0 Å². The van der Waals surface area contributed by atoms with E-state index in [1.54, 1.807) is 0 Å². The quantitative estimate of drug-likeness (QED) is 0.657. The lowest BCUT2D eigenvalue weighted by atomic mass is 9.89. The van der Waals surface area contributed by atoms with Crippen molar-refractivity contribution in [3.63, 3.8) is 0 Å². The van der Waals surface area contributed by atoms with Crippen LogP contribution in [0, 0.1) is 11.8 Å². The smallest absolute Gasteiger partial charge is 0.00955 e. The normalized spacial score (nSPS) is 30.7. The summed E-state index contributed by atoms with van der Waals surface area (Å²) in [5.41, 5.74) is 1.43. The Morgan fingerprint density at radius 1 is 1.33 bits per heavy atom. The molecule has 1 saturated carbocycles. The van der Waals surface area contributed by atoms with Crippen molar-refractivity contribution in [3.05, 3.63) is 12.2 Å². The van der Waals surface area contributed by atoms with Gasteiger partial charge in [-0.05, 0) is 50.5 Å². The van der Waals surface area contributed by atoms with Gasteiger partial charge in [0.15, 0.2) is 0 Å². The molecule has 1 fully saturated rings. The van der Waals surface area contributed by atoms with Crippen LogP contribution < -0.4 is 5.32 Å². The SMILES string of the molecule is C=C(CC)CC1CCC(NCCC)C1C. The van der Waals surface area contributed by atoms with Crippen molar-refractivity contribution in [2.75, 3.05) is 6.54 Å². The second-order valence-corrected chi connectivity index (χ2v) is 5.06. The molecular weight excluding hydrogens is 182 g/mol. The van der Waals surface area contributed by atoms with Crippen molar-refractivity contribution in [2.45, 2.75) is 58.9 Å². The Labute approximate surface area is 95.3 Å². The predicted octanol–water partition coefficient (Wildman–Crippen LogP) is 3.76. The summed E-state index contributed by atoms with van der Waals surface area (Å²) in [5.74, 6) is 1.71. The Hall–Kier alpha value is -0.300. The first kappa shape index (κ1) is 12.8. The number of nitrogens with one attached hydrogen (secondary N) is 1. The van der Waals surface area contributed by atoms with Crippen molar-refractivity contribution in [3.8, 4) is 0 Å². The van der Waals surface area contributed by atoms with Crippen LogP contribution in [0.1, 0.15) is 52.9 Å². The minimum atomic E-state index is 0.764. The first-order valence-electron chi connectivity index (χ1n) is 6.59. The van der Waals surface area contributed by atoms with Crippen molar-refractivity contribution < 1.29 is 0 Å². The minimum Gasteiger partial charge on any atom is -0.314 e. The summed E-state index contributed by atoms with van der Waals surface area (Å²) in [5, 5.41) is 3.67. The van der Waals surface area contributed by atoms with Crippen LogP contribution in [0.4, 0.5) is 0 Å². The van der Waals surface area contributed by atoms with Crippen LogP contribution in [0.25, 0.3) is 0 Å². The lowest BCUT2D eigenvalue weighted by Gasteiger charge is -2.22. The Bertz CT molecular complexity index is 198. The van der Waals surface area contributed by atoms with Gasteiger partial charge in [-0.3, -0.25) is 0 Å². The van der Waals surface area contributed by atoms with Crippen LogP contribution in [-0.2, 0) is 0 Å². The van der Waals surface area contributed by atoms with Crippen molar-refractivity contribution >= 4 is 0 Å². The van der Waals surface area contributed by atoms with Gasteiger partial charge in [-0.25, -0.2) is 0 Å². The van der Waals surface area contributed by atoms with E-state index in [2.05, 4.69) is 32.7 Å². The predicted molar refractivity (Wildman–Crippen MR) is 68.0 cm³/mol. The molecule has 1 aliphatic rings. The Morgan fingerprint density at radius 3 is 2.67 bits per heavy atom. The molecule has 0 saturated heterocycles. The van der Waals surface area contributed by atoms with E-state index in [4.69, 9.17) is 0 Å². The van der Waals surface area contributed by atoms with E-state index in [1.165, 1.54) is 37.8 Å². The monoisotopic (exact) mass is 209 g/mol. The molecule has 0 heterocycles. The number of hydrogen-bond donors (Lipinski definition) is 1. The van der Waals surface area contributed by atoms with E-state index in [0.717, 1.165) is 24.3 Å². The molecule has 0 aromatic heterocycles. The van der Waals surface area contributed by atoms with E-state index >= 15 is 0 Å². The van der Waals surface area contributed by atoms with Crippen molar-refractivity contribution in [2.24, 2.45) is 11.8 Å². The topological polar surface area (TPSA) is 12.0 Å². The molecule has 0 radical (unpaired) electrons. The fourth-order valence-corrected chi connectivity index (χ4v) is 2.67. The molecule has 0 bridgehead atoms. The van der Waals surface area contributed by atoms with Gasteiger partial charge in [0.2, 0.25) is 0 Å². The van der Waals surface area contributed by atoms with Gasteiger partial charge in [0.1, 0.15) is 0 Å². The highest BCUT2D eigenvalue weighted by Crippen LogP contribution is 2.36. The summed E-state index contributed by atoms with van der Waals surface area (Å²) < 4.78 is 0. The van der Waals surface area contributed by atoms with E-state index in [0.29, 0.717) is 0 Å². The maximum atomic E-state index is 4.14. The zero-order valence-corrected chi connectivity index (χ0v) is 10.7. The summed E-state index contributed by atoms with van der Waals surface area (Å²) in [4.78, 5) is 0. The lowest BCUT2D eigenvalue weighted by Crippen LogP contribution is -2.33. The average molecular weight is 209 g/mol. The van der Waals surface area contributed by atoms with E-state index < -0.39 is 0 Å². The van der Waals surface area contributed by atoms with Crippen LogP contribution in [0.5, 0.6) is 0 Å². The van der Waals surface area contributed by atoms with Crippen LogP contribution in [0.3, 0.4) is 0 Å². The van der Waals surface area contributed by atoms with Crippen molar-refractivity contribution in [1.82, 2.24) is 5.32 Å². The molecule has 0 spiro atoms. The Kier molecular flexibility index (Phi) is 5.38. The second kappa shape index (κ2) is 6.32. The average Bonchev–Trinajstić information content (AvgIpc) is 2.57. The zero-order chi connectivity index (χ0) is 11.3. The summed E-state index contributed by atoms with van der Waals surface area (Å²) in [6, 6.07) is 0.764. The molecular formula is C14H27N. The molecule has 1 heteroatoms. The molecule has 0 aromatic carbocycles. The molecule has 0 amide bonds. The van der Waals surface area contributed by atoms with Crippen LogP contribution >= 0.6 is 0 Å². The molecule has 0 aliphatic heterocycles. The third-order valence-electron chi connectivity index (χ3n) is 3.93. The summed E-state index contributed by atoms with van der Waals surface area (Å²) in [7, 11) is 0. The molecule has 1 N–H and O–H groups in total. The molecule has 15 heavy (non-hydrogen) atoms. The van der Waals surface area contributed by atoms with E-state index in [1.807, 2.05) is 0 Å². The highest BCUT2D eigenvalue weighted by atomic mass is 14.9. The molecule has 3 unspecified atom stereocenters. The Morgan fingerprint density at radius 2 is 2.07 bits per heavy atom. The van der Waals surface area contributed by atoms with Gasteiger partial charge >= 0.3 is 0 Å². The van der Waals surface area contributed by atoms with Gasteiger partial charge in [0, 0.05) is 6.04 Å².